The van der Waals surface area contributed by atoms with E-state index in [1.165, 1.54) is 11.3 Å². The summed E-state index contributed by atoms with van der Waals surface area (Å²) >= 11 is 0. The molecule has 0 aliphatic carbocycles. The Morgan fingerprint density at radius 3 is 2.61 bits per heavy atom. The van der Waals surface area contributed by atoms with Crippen LogP contribution in [0, 0.1) is 0 Å². The van der Waals surface area contributed by atoms with Crippen LogP contribution >= 0.6 is 0 Å². The lowest BCUT2D eigenvalue weighted by Gasteiger charge is -2.38. The topological polar surface area (TPSA) is 31.4 Å². The third kappa shape index (κ3) is 3.00. The second-order valence-electron chi connectivity index (χ2n) is 5.15. The Bertz CT molecular complexity index is 370. The Balaban J connectivity index is 2.05. The maximum atomic E-state index is 4.22. The summed E-state index contributed by atoms with van der Waals surface area (Å²) < 4.78 is 0. The molecule has 4 heteroatoms. The molecule has 0 aromatic carbocycles. The maximum Gasteiger partial charge on any atom is 0.0443 e. The van der Waals surface area contributed by atoms with Gasteiger partial charge in [0.05, 0.1) is 0 Å². The van der Waals surface area contributed by atoms with Gasteiger partial charge in [0.2, 0.25) is 0 Å². The molecule has 100 valence electrons. The largest absolute Gasteiger partial charge is 0.369 e. The molecule has 1 fully saturated rings. The molecule has 0 atom stereocenters. The minimum atomic E-state index is 0.654. The number of pyridine rings is 1. The van der Waals surface area contributed by atoms with Crippen LogP contribution in [0.5, 0.6) is 0 Å². The van der Waals surface area contributed by atoms with Crippen LogP contribution in [0.25, 0.3) is 0 Å². The van der Waals surface area contributed by atoms with E-state index in [-0.39, 0.29) is 0 Å². The van der Waals surface area contributed by atoms with Crippen molar-refractivity contribution in [1.82, 2.24) is 15.2 Å². The van der Waals surface area contributed by atoms with Gasteiger partial charge in [-0.05, 0) is 27.0 Å². The van der Waals surface area contributed by atoms with Gasteiger partial charge in [0.25, 0.3) is 0 Å². The SMILES string of the molecule is CNCc1cnccc1N1CCN(C(C)C)CC1. The van der Waals surface area contributed by atoms with Crippen molar-refractivity contribution in [2.24, 2.45) is 0 Å². The van der Waals surface area contributed by atoms with Crippen molar-refractivity contribution in [1.29, 1.82) is 0 Å². The van der Waals surface area contributed by atoms with Crippen LogP contribution in [-0.4, -0.2) is 49.2 Å². The number of nitrogens with one attached hydrogen (secondary N) is 1. The Labute approximate surface area is 110 Å². The van der Waals surface area contributed by atoms with E-state index in [4.69, 9.17) is 0 Å². The fourth-order valence-corrected chi connectivity index (χ4v) is 2.53. The van der Waals surface area contributed by atoms with Gasteiger partial charge in [-0.1, -0.05) is 0 Å². The summed E-state index contributed by atoms with van der Waals surface area (Å²) in [5, 5.41) is 3.21. The molecule has 1 N–H and O–H groups in total. The zero-order valence-electron chi connectivity index (χ0n) is 11.7. The van der Waals surface area contributed by atoms with E-state index in [2.05, 4.69) is 40.0 Å². The number of rotatable bonds is 4. The van der Waals surface area contributed by atoms with Gasteiger partial charge in [-0.3, -0.25) is 9.88 Å². The Morgan fingerprint density at radius 2 is 2.00 bits per heavy atom. The van der Waals surface area contributed by atoms with Crippen molar-refractivity contribution in [2.45, 2.75) is 26.4 Å². The predicted molar refractivity (Wildman–Crippen MR) is 75.9 cm³/mol. The van der Waals surface area contributed by atoms with Gasteiger partial charge in [-0.15, -0.1) is 0 Å². The van der Waals surface area contributed by atoms with E-state index < -0.39 is 0 Å². The van der Waals surface area contributed by atoms with E-state index in [1.54, 1.807) is 0 Å². The Kier molecular flexibility index (Phi) is 4.55. The number of nitrogens with zero attached hydrogens (tertiary/aromatic N) is 3. The number of piperazine rings is 1. The minimum Gasteiger partial charge on any atom is -0.369 e. The Hall–Kier alpha value is -1.13. The molecule has 2 heterocycles. The second-order valence-corrected chi connectivity index (χ2v) is 5.15. The molecule has 0 radical (unpaired) electrons. The lowest BCUT2D eigenvalue weighted by Crippen LogP contribution is -2.49. The van der Waals surface area contributed by atoms with E-state index in [0.717, 1.165) is 32.7 Å². The molecule has 0 saturated carbocycles. The zero-order valence-corrected chi connectivity index (χ0v) is 11.7. The van der Waals surface area contributed by atoms with Gasteiger partial charge in [-0.2, -0.15) is 0 Å². The van der Waals surface area contributed by atoms with Crippen molar-refractivity contribution in [3.63, 3.8) is 0 Å². The fraction of sp³-hybridized carbons (Fsp3) is 0.643. The number of hydrogen-bond acceptors (Lipinski definition) is 4. The average molecular weight is 248 g/mol. The summed E-state index contributed by atoms with van der Waals surface area (Å²) in [5.74, 6) is 0. The number of aromatic nitrogens is 1. The highest BCUT2D eigenvalue weighted by Crippen LogP contribution is 2.21. The third-order valence-corrected chi connectivity index (χ3v) is 3.63. The molecule has 2 rings (SSSR count). The first-order chi connectivity index (χ1) is 8.72. The normalized spacial score (nSPS) is 17.4. The second kappa shape index (κ2) is 6.16. The first kappa shape index (κ1) is 13.3. The van der Waals surface area contributed by atoms with E-state index >= 15 is 0 Å². The molecule has 18 heavy (non-hydrogen) atoms. The monoisotopic (exact) mass is 248 g/mol. The van der Waals surface area contributed by atoms with Gasteiger partial charge < -0.3 is 10.2 Å². The maximum absolute atomic E-state index is 4.22. The molecule has 0 spiro atoms. The molecular formula is C14H24N4. The van der Waals surface area contributed by atoms with Crippen LogP contribution in [0.2, 0.25) is 0 Å². The highest BCUT2D eigenvalue weighted by Gasteiger charge is 2.20. The van der Waals surface area contributed by atoms with Crippen LogP contribution in [-0.2, 0) is 6.54 Å². The summed E-state index contributed by atoms with van der Waals surface area (Å²) in [4.78, 5) is 9.24. The fourth-order valence-electron chi connectivity index (χ4n) is 2.53. The highest BCUT2D eigenvalue weighted by molar-refractivity contribution is 5.52. The smallest absolute Gasteiger partial charge is 0.0443 e. The van der Waals surface area contributed by atoms with Gasteiger partial charge in [0, 0.05) is 62.4 Å². The standard InChI is InChI=1S/C14H24N4/c1-12(2)17-6-8-18(9-7-17)14-4-5-16-11-13(14)10-15-3/h4-5,11-12,15H,6-10H2,1-3H3. The molecule has 1 aromatic heterocycles. The molecule has 0 unspecified atom stereocenters. The molecule has 0 amide bonds. The van der Waals surface area contributed by atoms with Gasteiger partial charge in [-0.25, -0.2) is 0 Å². The molecule has 1 saturated heterocycles. The molecule has 4 nitrogen and oxygen atoms in total. The highest BCUT2D eigenvalue weighted by atomic mass is 15.3. The molecule has 1 aliphatic heterocycles. The third-order valence-electron chi connectivity index (χ3n) is 3.63. The zero-order chi connectivity index (χ0) is 13.0. The predicted octanol–water partition coefficient (Wildman–Crippen LogP) is 1.33. The lowest BCUT2D eigenvalue weighted by atomic mass is 10.1. The van der Waals surface area contributed by atoms with Crippen molar-refractivity contribution in [3.8, 4) is 0 Å². The lowest BCUT2D eigenvalue weighted by molar-refractivity contribution is 0.209. The first-order valence-electron chi connectivity index (χ1n) is 6.79. The van der Waals surface area contributed by atoms with Gasteiger partial charge in [0.1, 0.15) is 0 Å². The molecule has 1 aromatic rings. The minimum absolute atomic E-state index is 0.654. The van der Waals surface area contributed by atoms with Crippen molar-refractivity contribution >= 4 is 5.69 Å². The molecule has 0 bridgehead atoms. The quantitative estimate of drug-likeness (QED) is 0.871. The Morgan fingerprint density at radius 1 is 1.28 bits per heavy atom. The van der Waals surface area contributed by atoms with Crippen molar-refractivity contribution in [3.05, 3.63) is 24.0 Å². The van der Waals surface area contributed by atoms with Crippen molar-refractivity contribution in [2.75, 3.05) is 38.1 Å². The first-order valence-corrected chi connectivity index (χ1v) is 6.79. The summed E-state index contributed by atoms with van der Waals surface area (Å²) in [6, 6.07) is 2.79. The average Bonchev–Trinajstić information content (AvgIpc) is 2.40. The van der Waals surface area contributed by atoms with Crippen LogP contribution in [0.15, 0.2) is 18.5 Å². The molecular weight excluding hydrogens is 224 g/mol. The summed E-state index contributed by atoms with van der Waals surface area (Å²) in [6.45, 7) is 9.95. The van der Waals surface area contributed by atoms with E-state index in [9.17, 15) is 0 Å². The van der Waals surface area contributed by atoms with Gasteiger partial charge in [0.15, 0.2) is 0 Å². The van der Waals surface area contributed by atoms with Crippen molar-refractivity contribution < 1.29 is 0 Å². The number of anilines is 1. The number of hydrogen-bond donors (Lipinski definition) is 1. The summed E-state index contributed by atoms with van der Waals surface area (Å²) in [5.41, 5.74) is 2.63. The summed E-state index contributed by atoms with van der Waals surface area (Å²) in [6.07, 6.45) is 3.87. The van der Waals surface area contributed by atoms with Crippen LogP contribution in [0.4, 0.5) is 5.69 Å². The summed E-state index contributed by atoms with van der Waals surface area (Å²) in [7, 11) is 1.98. The van der Waals surface area contributed by atoms with Crippen LogP contribution in [0.1, 0.15) is 19.4 Å². The van der Waals surface area contributed by atoms with E-state index in [1.807, 2.05) is 19.4 Å². The van der Waals surface area contributed by atoms with Crippen LogP contribution < -0.4 is 10.2 Å². The van der Waals surface area contributed by atoms with Gasteiger partial charge >= 0.3 is 0 Å². The van der Waals surface area contributed by atoms with E-state index in [0.29, 0.717) is 6.04 Å². The van der Waals surface area contributed by atoms with Crippen LogP contribution in [0.3, 0.4) is 0 Å². The molecule has 1 aliphatic rings.